The minimum absolute atomic E-state index is 0.0819. The predicted molar refractivity (Wildman–Crippen MR) is 162 cm³/mol. The number of ether oxygens (including phenoxy) is 1. The Morgan fingerprint density at radius 3 is 2.22 bits per heavy atom. The Labute approximate surface area is 244 Å². The normalized spacial score (nSPS) is 12.1. The molecule has 0 aliphatic heterocycles. The SMILES string of the molecule is CCC(C(=O)NCC(C)C)N(Cc1cccc(OC)c1)C(=O)CN(c1cccc(C)c1)S(=O)(=O)c1ccc(C)cc1. The van der Waals surface area contributed by atoms with Gasteiger partial charge < -0.3 is 15.0 Å². The minimum Gasteiger partial charge on any atom is -0.497 e. The molecular weight excluding hydrogens is 538 g/mol. The van der Waals surface area contributed by atoms with E-state index < -0.39 is 28.5 Å². The number of methoxy groups -OCH3 is 1. The van der Waals surface area contributed by atoms with Crippen molar-refractivity contribution in [2.24, 2.45) is 5.92 Å². The largest absolute Gasteiger partial charge is 0.497 e. The zero-order valence-electron chi connectivity index (χ0n) is 24.8. The van der Waals surface area contributed by atoms with Gasteiger partial charge in [0.2, 0.25) is 11.8 Å². The van der Waals surface area contributed by atoms with E-state index in [1.165, 1.54) is 4.90 Å². The van der Waals surface area contributed by atoms with E-state index in [1.807, 2.05) is 52.8 Å². The van der Waals surface area contributed by atoms with Crippen LogP contribution in [0.25, 0.3) is 0 Å². The molecular formula is C32H41N3O5S. The van der Waals surface area contributed by atoms with Crippen molar-refractivity contribution in [1.82, 2.24) is 10.2 Å². The molecule has 0 aliphatic carbocycles. The lowest BCUT2D eigenvalue weighted by molar-refractivity contribution is -0.140. The first-order chi connectivity index (χ1) is 19.5. The van der Waals surface area contributed by atoms with Gasteiger partial charge >= 0.3 is 0 Å². The average Bonchev–Trinajstić information content (AvgIpc) is 2.94. The third-order valence-electron chi connectivity index (χ3n) is 6.74. The lowest BCUT2D eigenvalue weighted by Crippen LogP contribution is -2.52. The van der Waals surface area contributed by atoms with E-state index in [9.17, 15) is 18.0 Å². The van der Waals surface area contributed by atoms with Crippen LogP contribution in [-0.2, 0) is 26.2 Å². The first kappa shape index (κ1) is 31.7. The molecule has 0 radical (unpaired) electrons. The summed E-state index contributed by atoms with van der Waals surface area (Å²) in [4.78, 5) is 29.0. The molecule has 3 aromatic carbocycles. The fourth-order valence-corrected chi connectivity index (χ4v) is 5.86. The maximum Gasteiger partial charge on any atom is 0.264 e. The molecule has 3 rings (SSSR count). The Morgan fingerprint density at radius 1 is 0.927 bits per heavy atom. The zero-order chi connectivity index (χ0) is 30.2. The van der Waals surface area contributed by atoms with E-state index in [0.29, 0.717) is 24.4 Å². The molecule has 0 bridgehead atoms. The van der Waals surface area contributed by atoms with Gasteiger partial charge in [0, 0.05) is 13.1 Å². The number of sulfonamides is 1. The van der Waals surface area contributed by atoms with Gasteiger partial charge in [0.05, 0.1) is 17.7 Å². The van der Waals surface area contributed by atoms with Crippen molar-refractivity contribution in [3.63, 3.8) is 0 Å². The summed E-state index contributed by atoms with van der Waals surface area (Å²) < 4.78 is 34.4. The van der Waals surface area contributed by atoms with E-state index in [2.05, 4.69) is 5.32 Å². The molecule has 0 spiro atoms. The fraction of sp³-hybridized carbons (Fsp3) is 0.375. The average molecular weight is 580 g/mol. The van der Waals surface area contributed by atoms with Crippen molar-refractivity contribution in [3.8, 4) is 5.75 Å². The van der Waals surface area contributed by atoms with Crippen LogP contribution in [0, 0.1) is 19.8 Å². The Kier molecular flexibility index (Phi) is 10.9. The van der Waals surface area contributed by atoms with Crippen LogP contribution in [0.1, 0.15) is 43.9 Å². The predicted octanol–water partition coefficient (Wildman–Crippen LogP) is 5.09. The van der Waals surface area contributed by atoms with E-state index in [-0.39, 0.29) is 23.3 Å². The van der Waals surface area contributed by atoms with Crippen LogP contribution in [0.5, 0.6) is 5.75 Å². The van der Waals surface area contributed by atoms with Crippen LogP contribution in [0.4, 0.5) is 5.69 Å². The number of hydrogen-bond donors (Lipinski definition) is 1. The summed E-state index contributed by atoms with van der Waals surface area (Å²) in [5, 5.41) is 2.94. The number of rotatable bonds is 13. The molecule has 0 fully saturated rings. The van der Waals surface area contributed by atoms with Crippen molar-refractivity contribution in [3.05, 3.63) is 89.5 Å². The maximum atomic E-state index is 14.2. The molecule has 9 heteroatoms. The Balaban J connectivity index is 2.06. The van der Waals surface area contributed by atoms with Gasteiger partial charge in [0.15, 0.2) is 0 Å². The molecule has 41 heavy (non-hydrogen) atoms. The lowest BCUT2D eigenvalue weighted by Gasteiger charge is -2.33. The molecule has 0 saturated carbocycles. The van der Waals surface area contributed by atoms with Crippen LogP contribution >= 0.6 is 0 Å². The summed E-state index contributed by atoms with van der Waals surface area (Å²) in [6, 6.07) is 20.0. The fourth-order valence-electron chi connectivity index (χ4n) is 4.46. The second-order valence-electron chi connectivity index (χ2n) is 10.6. The molecule has 2 amide bonds. The summed E-state index contributed by atoms with van der Waals surface area (Å²) in [7, 11) is -2.55. The quantitative estimate of drug-likeness (QED) is 0.305. The monoisotopic (exact) mass is 579 g/mol. The van der Waals surface area contributed by atoms with E-state index in [4.69, 9.17) is 4.74 Å². The highest BCUT2D eigenvalue weighted by Gasteiger charge is 2.33. The van der Waals surface area contributed by atoms with Gasteiger partial charge in [-0.2, -0.15) is 0 Å². The molecule has 0 heterocycles. The number of aryl methyl sites for hydroxylation is 2. The third-order valence-corrected chi connectivity index (χ3v) is 8.52. The van der Waals surface area contributed by atoms with Crippen molar-refractivity contribution < 1.29 is 22.7 Å². The van der Waals surface area contributed by atoms with Crippen LogP contribution in [0.15, 0.2) is 77.7 Å². The molecule has 0 saturated heterocycles. The lowest BCUT2D eigenvalue weighted by atomic mass is 10.1. The Morgan fingerprint density at radius 2 is 1.61 bits per heavy atom. The molecule has 0 aromatic heterocycles. The Bertz CT molecular complexity index is 1440. The molecule has 1 atom stereocenters. The molecule has 8 nitrogen and oxygen atoms in total. The molecule has 220 valence electrons. The first-order valence-corrected chi connectivity index (χ1v) is 15.3. The van der Waals surface area contributed by atoms with E-state index in [1.54, 1.807) is 61.7 Å². The highest BCUT2D eigenvalue weighted by atomic mass is 32.2. The smallest absolute Gasteiger partial charge is 0.264 e. The van der Waals surface area contributed by atoms with Gasteiger partial charge in [-0.05, 0) is 73.7 Å². The zero-order valence-corrected chi connectivity index (χ0v) is 25.6. The summed E-state index contributed by atoms with van der Waals surface area (Å²) >= 11 is 0. The second-order valence-corrected chi connectivity index (χ2v) is 12.5. The van der Waals surface area contributed by atoms with Crippen LogP contribution in [0.2, 0.25) is 0 Å². The van der Waals surface area contributed by atoms with Crippen molar-refractivity contribution in [1.29, 1.82) is 0 Å². The maximum absolute atomic E-state index is 14.2. The standard InChI is InChI=1S/C32H41N3O5S/c1-7-30(32(37)33-20-23(2)3)34(21-26-11-9-13-28(19-26)40-6)31(36)22-35(27-12-8-10-25(5)18-27)41(38,39)29-16-14-24(4)15-17-29/h8-19,23,30H,7,20-22H2,1-6H3,(H,33,37). The van der Waals surface area contributed by atoms with Crippen LogP contribution in [-0.4, -0.2) is 51.4 Å². The van der Waals surface area contributed by atoms with Crippen molar-refractivity contribution in [2.75, 3.05) is 24.5 Å². The van der Waals surface area contributed by atoms with Gasteiger partial charge in [0.1, 0.15) is 18.3 Å². The summed E-state index contributed by atoms with van der Waals surface area (Å²) in [5.74, 6) is 0.0866. The summed E-state index contributed by atoms with van der Waals surface area (Å²) in [6.45, 7) is 9.67. The number of nitrogens with zero attached hydrogens (tertiary/aromatic N) is 2. The van der Waals surface area contributed by atoms with Gasteiger partial charge in [-0.3, -0.25) is 13.9 Å². The summed E-state index contributed by atoms with van der Waals surface area (Å²) in [5.41, 5.74) is 2.91. The number of anilines is 1. The van der Waals surface area contributed by atoms with E-state index in [0.717, 1.165) is 21.0 Å². The number of hydrogen-bond acceptors (Lipinski definition) is 5. The topological polar surface area (TPSA) is 96.0 Å². The van der Waals surface area contributed by atoms with E-state index >= 15 is 0 Å². The number of carbonyl (C=O) groups excluding carboxylic acids is 2. The van der Waals surface area contributed by atoms with Crippen molar-refractivity contribution in [2.45, 2.75) is 58.5 Å². The molecule has 0 aliphatic rings. The van der Waals surface area contributed by atoms with Gasteiger partial charge in [-0.25, -0.2) is 8.42 Å². The van der Waals surface area contributed by atoms with Gasteiger partial charge in [-0.15, -0.1) is 0 Å². The highest BCUT2D eigenvalue weighted by Crippen LogP contribution is 2.26. The number of carbonyl (C=O) groups is 2. The molecule has 3 aromatic rings. The van der Waals surface area contributed by atoms with Crippen LogP contribution in [0.3, 0.4) is 0 Å². The Hall–Kier alpha value is -3.85. The number of amides is 2. The number of nitrogens with one attached hydrogen (secondary N) is 1. The first-order valence-electron chi connectivity index (χ1n) is 13.8. The second kappa shape index (κ2) is 14.2. The number of benzene rings is 3. The molecule has 1 N–H and O–H groups in total. The summed E-state index contributed by atoms with van der Waals surface area (Å²) in [6.07, 6.45) is 0.356. The highest BCUT2D eigenvalue weighted by molar-refractivity contribution is 7.92. The van der Waals surface area contributed by atoms with Gasteiger partial charge in [0.25, 0.3) is 10.0 Å². The molecule has 1 unspecified atom stereocenters. The third kappa shape index (κ3) is 8.33. The van der Waals surface area contributed by atoms with Gasteiger partial charge in [-0.1, -0.05) is 62.7 Å². The van der Waals surface area contributed by atoms with Crippen LogP contribution < -0.4 is 14.4 Å². The minimum atomic E-state index is -4.11. The van der Waals surface area contributed by atoms with Crippen molar-refractivity contribution >= 4 is 27.5 Å².